The van der Waals surface area contributed by atoms with Crippen molar-refractivity contribution < 1.29 is 4.79 Å². The maximum absolute atomic E-state index is 11.4. The van der Waals surface area contributed by atoms with E-state index in [4.69, 9.17) is 0 Å². The van der Waals surface area contributed by atoms with E-state index in [-0.39, 0.29) is 5.91 Å². The molecule has 1 amide bonds. The van der Waals surface area contributed by atoms with E-state index in [0.29, 0.717) is 13.0 Å². The summed E-state index contributed by atoms with van der Waals surface area (Å²) in [7, 11) is 1.91. The van der Waals surface area contributed by atoms with Gasteiger partial charge < -0.3 is 5.32 Å². The second-order valence-corrected chi connectivity index (χ2v) is 6.23. The monoisotopic (exact) mass is 446 g/mol. The lowest BCUT2D eigenvalue weighted by molar-refractivity contribution is -0.118. The van der Waals surface area contributed by atoms with E-state index >= 15 is 0 Å². The van der Waals surface area contributed by atoms with E-state index in [1.807, 2.05) is 66.4 Å². The molecule has 0 aliphatic rings. The molecule has 2 N–H and O–H groups in total. The summed E-state index contributed by atoms with van der Waals surface area (Å²) in [5.41, 5.74) is 5.20. The van der Waals surface area contributed by atoms with Crippen LogP contribution in [-0.2, 0) is 11.8 Å². The van der Waals surface area contributed by atoms with Gasteiger partial charge in [-0.3, -0.25) is 13.0 Å². The zero-order chi connectivity index (χ0) is 17.6. The van der Waals surface area contributed by atoms with Gasteiger partial charge in [0.1, 0.15) is 0 Å². The standard InChI is InChI=1S/C19H19IN4O/c1-24-12-10-18(23-24)16-13-15(14-5-3-2-4-6-14)7-8-17(16)21-11-9-19(25)22-20/h2-8,10,12-13,21H,9,11H2,1H3,(H,22,25). The summed E-state index contributed by atoms with van der Waals surface area (Å²) in [6.45, 7) is 0.569. The molecule has 0 saturated heterocycles. The summed E-state index contributed by atoms with van der Waals surface area (Å²) in [5, 5.41) is 7.88. The van der Waals surface area contributed by atoms with Crippen molar-refractivity contribution in [2.75, 3.05) is 11.9 Å². The molecule has 0 spiro atoms. The van der Waals surface area contributed by atoms with Crippen molar-refractivity contribution in [1.82, 2.24) is 13.3 Å². The highest BCUT2D eigenvalue weighted by Gasteiger charge is 2.10. The topological polar surface area (TPSA) is 59.0 Å². The van der Waals surface area contributed by atoms with Crippen molar-refractivity contribution in [2.45, 2.75) is 6.42 Å². The average molecular weight is 446 g/mol. The third-order valence-corrected chi connectivity index (χ3v) is 4.49. The normalized spacial score (nSPS) is 10.5. The van der Waals surface area contributed by atoms with E-state index < -0.39 is 0 Å². The van der Waals surface area contributed by atoms with E-state index in [9.17, 15) is 4.79 Å². The molecule has 0 atom stereocenters. The average Bonchev–Trinajstić information content (AvgIpc) is 3.08. The van der Waals surface area contributed by atoms with Gasteiger partial charge >= 0.3 is 0 Å². The lowest BCUT2D eigenvalue weighted by atomic mass is 10.00. The number of nitrogens with zero attached hydrogens (tertiary/aromatic N) is 2. The van der Waals surface area contributed by atoms with Gasteiger partial charge in [-0.2, -0.15) is 5.10 Å². The lowest BCUT2D eigenvalue weighted by Crippen LogP contribution is -2.16. The Bertz CT molecular complexity index is 861. The highest BCUT2D eigenvalue weighted by Crippen LogP contribution is 2.32. The van der Waals surface area contributed by atoms with Gasteiger partial charge in [-0.25, -0.2) is 0 Å². The molecule has 0 aliphatic carbocycles. The van der Waals surface area contributed by atoms with Crippen LogP contribution in [0.25, 0.3) is 22.4 Å². The smallest absolute Gasteiger partial charge is 0.230 e. The fraction of sp³-hybridized carbons (Fsp3) is 0.158. The number of halogens is 1. The first kappa shape index (κ1) is 17.5. The van der Waals surface area contributed by atoms with Crippen molar-refractivity contribution in [3.8, 4) is 22.4 Å². The summed E-state index contributed by atoms with van der Waals surface area (Å²) < 4.78 is 4.40. The molecule has 0 radical (unpaired) electrons. The zero-order valence-electron chi connectivity index (χ0n) is 13.9. The Balaban J connectivity index is 1.92. The van der Waals surface area contributed by atoms with Gasteiger partial charge in [0.25, 0.3) is 0 Å². The molecule has 1 aromatic heterocycles. The van der Waals surface area contributed by atoms with Crippen molar-refractivity contribution in [2.24, 2.45) is 7.05 Å². The van der Waals surface area contributed by atoms with Gasteiger partial charge in [-0.05, 0) is 29.3 Å². The molecule has 0 unspecified atom stereocenters. The van der Waals surface area contributed by atoms with E-state index in [1.165, 1.54) is 0 Å². The molecule has 0 fully saturated rings. The Morgan fingerprint density at radius 3 is 2.60 bits per heavy atom. The predicted octanol–water partition coefficient (Wildman–Crippen LogP) is 4.02. The fourth-order valence-corrected chi connectivity index (χ4v) is 2.91. The Hall–Kier alpha value is -2.35. The first-order valence-electron chi connectivity index (χ1n) is 8.00. The summed E-state index contributed by atoms with van der Waals surface area (Å²) >= 11 is 1.86. The number of anilines is 1. The number of hydrogen-bond acceptors (Lipinski definition) is 3. The van der Waals surface area contributed by atoms with Gasteiger partial charge in [-0.1, -0.05) is 36.4 Å². The Labute approximate surface area is 160 Å². The van der Waals surface area contributed by atoms with Crippen LogP contribution in [0.2, 0.25) is 0 Å². The van der Waals surface area contributed by atoms with Gasteiger partial charge in [-0.15, -0.1) is 0 Å². The van der Waals surface area contributed by atoms with Crippen molar-refractivity contribution >= 4 is 34.5 Å². The maximum Gasteiger partial charge on any atom is 0.230 e. The molecular weight excluding hydrogens is 427 g/mol. The molecule has 0 aliphatic heterocycles. The van der Waals surface area contributed by atoms with Crippen molar-refractivity contribution in [3.05, 3.63) is 60.8 Å². The van der Waals surface area contributed by atoms with Gasteiger partial charge in [0.05, 0.1) is 28.6 Å². The minimum atomic E-state index is 0.00777. The van der Waals surface area contributed by atoms with Crippen LogP contribution in [0, 0.1) is 0 Å². The molecular formula is C19H19IN4O. The minimum absolute atomic E-state index is 0.00777. The van der Waals surface area contributed by atoms with E-state index in [2.05, 4.69) is 38.2 Å². The third-order valence-electron chi connectivity index (χ3n) is 3.89. The number of benzene rings is 2. The summed E-state index contributed by atoms with van der Waals surface area (Å²) in [4.78, 5) is 11.4. The number of hydrogen-bond donors (Lipinski definition) is 2. The highest BCUT2D eigenvalue weighted by atomic mass is 127. The zero-order valence-corrected chi connectivity index (χ0v) is 16.0. The number of aromatic nitrogens is 2. The van der Waals surface area contributed by atoms with Crippen LogP contribution in [0.4, 0.5) is 5.69 Å². The van der Waals surface area contributed by atoms with Crippen molar-refractivity contribution in [1.29, 1.82) is 0 Å². The maximum atomic E-state index is 11.4. The second kappa shape index (κ2) is 8.15. The minimum Gasteiger partial charge on any atom is -0.384 e. The van der Waals surface area contributed by atoms with Crippen LogP contribution < -0.4 is 8.85 Å². The number of carbonyl (C=O) groups is 1. The number of aryl methyl sites for hydroxylation is 1. The lowest BCUT2D eigenvalue weighted by Gasteiger charge is -2.13. The summed E-state index contributed by atoms with van der Waals surface area (Å²) in [5.74, 6) is 0.00777. The Kier molecular flexibility index (Phi) is 5.70. The quantitative estimate of drug-likeness (QED) is 0.444. The first-order valence-corrected chi connectivity index (χ1v) is 9.08. The van der Waals surface area contributed by atoms with Crippen LogP contribution in [0.1, 0.15) is 6.42 Å². The molecule has 5 nitrogen and oxygen atoms in total. The Morgan fingerprint density at radius 1 is 1.12 bits per heavy atom. The van der Waals surface area contributed by atoms with Crippen LogP contribution >= 0.6 is 22.9 Å². The Morgan fingerprint density at radius 2 is 1.92 bits per heavy atom. The molecule has 0 saturated carbocycles. The van der Waals surface area contributed by atoms with Crippen LogP contribution in [0.15, 0.2) is 60.8 Å². The highest BCUT2D eigenvalue weighted by molar-refractivity contribution is 14.1. The number of rotatable bonds is 6. The summed E-state index contributed by atoms with van der Waals surface area (Å²) in [6.07, 6.45) is 2.35. The number of amides is 1. The SMILES string of the molecule is Cn1ccc(-c2cc(-c3ccccc3)ccc2NCCC(=O)NI)n1. The van der Waals surface area contributed by atoms with Gasteiger partial charge in [0.15, 0.2) is 0 Å². The molecule has 3 aromatic rings. The molecule has 25 heavy (non-hydrogen) atoms. The van der Waals surface area contributed by atoms with Gasteiger partial charge in [0, 0.05) is 37.5 Å². The second-order valence-electron chi connectivity index (χ2n) is 5.70. The first-order chi connectivity index (χ1) is 12.2. The van der Waals surface area contributed by atoms with E-state index in [0.717, 1.165) is 28.1 Å². The molecule has 1 heterocycles. The predicted molar refractivity (Wildman–Crippen MR) is 109 cm³/mol. The number of nitrogens with one attached hydrogen (secondary N) is 2. The molecule has 128 valence electrons. The number of carbonyl (C=O) groups excluding carboxylic acids is 1. The van der Waals surface area contributed by atoms with Gasteiger partial charge in [0.2, 0.25) is 5.91 Å². The molecule has 3 rings (SSSR count). The summed E-state index contributed by atoms with van der Waals surface area (Å²) in [6, 6.07) is 18.5. The molecule has 2 aromatic carbocycles. The fourth-order valence-electron chi connectivity index (χ4n) is 2.64. The van der Waals surface area contributed by atoms with Crippen LogP contribution in [0.3, 0.4) is 0 Å². The van der Waals surface area contributed by atoms with Crippen LogP contribution in [-0.4, -0.2) is 22.2 Å². The molecule has 0 bridgehead atoms. The van der Waals surface area contributed by atoms with Crippen LogP contribution in [0.5, 0.6) is 0 Å². The van der Waals surface area contributed by atoms with Crippen molar-refractivity contribution in [3.63, 3.8) is 0 Å². The molecule has 6 heteroatoms. The third kappa shape index (κ3) is 4.39. The largest absolute Gasteiger partial charge is 0.384 e. The van der Waals surface area contributed by atoms with E-state index in [1.54, 1.807) is 4.68 Å².